The number of carbonyl (C=O) groups excluding carboxylic acids is 4. The SMILES string of the molecule is COc1ccccc1C(=O)Oc1ccc(/C=C/C(=O)Oc2ccc3cc(-c4ccccc4)ccc3c2-c2c(OC(=O)/C=C/c3ccc(OC(=O)c4ccccc4OC)cc3)ccc3cc(-c4ccccc4)ccc23)cc1. The minimum Gasteiger partial charge on any atom is -0.496 e. The van der Waals surface area contributed by atoms with Crippen LogP contribution in [0.25, 0.3) is 67.1 Å². The van der Waals surface area contributed by atoms with Gasteiger partial charge in [0.1, 0.15) is 45.6 Å². The molecule has 0 aliphatic heterocycles. The van der Waals surface area contributed by atoms with Crippen LogP contribution >= 0.6 is 0 Å². The molecule has 0 unspecified atom stereocenters. The molecule has 10 heteroatoms. The van der Waals surface area contributed by atoms with Crippen molar-refractivity contribution < 1.29 is 47.6 Å². The van der Waals surface area contributed by atoms with Gasteiger partial charge in [-0.2, -0.15) is 0 Å². The van der Waals surface area contributed by atoms with Crippen molar-refractivity contribution in [2.45, 2.75) is 0 Å². The molecule has 0 N–H and O–H groups in total. The van der Waals surface area contributed by atoms with Crippen LogP contribution in [0.3, 0.4) is 0 Å². The number of methoxy groups -OCH3 is 2. The van der Waals surface area contributed by atoms with Crippen LogP contribution in [0.4, 0.5) is 0 Å². The van der Waals surface area contributed by atoms with Crippen molar-refractivity contribution in [3.8, 4) is 67.9 Å². The molecule has 0 heterocycles. The highest BCUT2D eigenvalue weighted by atomic mass is 16.6. The van der Waals surface area contributed by atoms with Crippen LogP contribution < -0.4 is 28.4 Å². The maximum atomic E-state index is 14.0. The van der Waals surface area contributed by atoms with Crippen LogP contribution in [-0.4, -0.2) is 38.1 Å². The zero-order valence-corrected chi connectivity index (χ0v) is 41.2. The molecule has 10 nitrogen and oxygen atoms in total. The van der Waals surface area contributed by atoms with E-state index < -0.39 is 23.9 Å². The summed E-state index contributed by atoms with van der Waals surface area (Å²) in [6.45, 7) is 0. The summed E-state index contributed by atoms with van der Waals surface area (Å²) in [6, 6.07) is 66.5. The molecule has 10 aromatic rings. The predicted molar refractivity (Wildman–Crippen MR) is 296 cm³/mol. The van der Waals surface area contributed by atoms with Crippen molar-refractivity contribution >= 4 is 57.6 Å². The smallest absolute Gasteiger partial charge is 0.347 e. The van der Waals surface area contributed by atoms with Crippen molar-refractivity contribution in [3.05, 3.63) is 253 Å². The van der Waals surface area contributed by atoms with E-state index in [0.29, 0.717) is 45.3 Å². The second kappa shape index (κ2) is 22.6. The summed E-state index contributed by atoms with van der Waals surface area (Å²) in [4.78, 5) is 53.8. The van der Waals surface area contributed by atoms with Crippen LogP contribution in [-0.2, 0) is 9.59 Å². The van der Waals surface area contributed by atoms with E-state index in [2.05, 4.69) is 12.1 Å². The van der Waals surface area contributed by atoms with Gasteiger partial charge in [0.2, 0.25) is 0 Å². The van der Waals surface area contributed by atoms with Gasteiger partial charge in [0.15, 0.2) is 0 Å². The molecule has 0 atom stereocenters. The van der Waals surface area contributed by atoms with E-state index >= 15 is 0 Å². The van der Waals surface area contributed by atoms with Crippen molar-refractivity contribution in [2.24, 2.45) is 0 Å². The Hall–Kier alpha value is -10.3. The second-order valence-electron chi connectivity index (χ2n) is 17.3. The summed E-state index contributed by atoms with van der Waals surface area (Å²) < 4.78 is 34.4. The van der Waals surface area contributed by atoms with Crippen LogP contribution in [0, 0.1) is 0 Å². The summed E-state index contributed by atoms with van der Waals surface area (Å²) in [5.74, 6) is -0.601. The summed E-state index contributed by atoms with van der Waals surface area (Å²) in [5, 5.41) is 3.19. The lowest BCUT2D eigenvalue weighted by Crippen LogP contribution is -2.10. The van der Waals surface area contributed by atoms with E-state index in [0.717, 1.165) is 43.8 Å². The molecule has 0 aliphatic carbocycles. The number of para-hydroxylation sites is 2. The largest absolute Gasteiger partial charge is 0.496 e. The molecule has 0 saturated heterocycles. The quantitative estimate of drug-likeness (QED) is 0.0557. The fourth-order valence-electron chi connectivity index (χ4n) is 8.78. The first-order valence-corrected chi connectivity index (χ1v) is 24.2. The van der Waals surface area contributed by atoms with Crippen LogP contribution in [0.5, 0.6) is 34.5 Å². The molecule has 0 fully saturated rings. The fraction of sp³-hybridized carbons (Fsp3) is 0.0303. The number of fused-ring (bicyclic) bond motifs is 2. The number of hydrogen-bond donors (Lipinski definition) is 0. The summed E-state index contributed by atoms with van der Waals surface area (Å²) in [5.41, 5.74) is 6.95. The maximum absolute atomic E-state index is 14.0. The zero-order valence-electron chi connectivity index (χ0n) is 41.2. The van der Waals surface area contributed by atoms with Crippen molar-refractivity contribution in [1.29, 1.82) is 0 Å². The third-order valence-electron chi connectivity index (χ3n) is 12.5. The van der Waals surface area contributed by atoms with Crippen molar-refractivity contribution in [2.75, 3.05) is 14.2 Å². The Bertz CT molecular complexity index is 3590. The number of carbonyl (C=O) groups is 4. The minimum atomic E-state index is -0.665. The molecule has 0 aromatic heterocycles. The highest BCUT2D eigenvalue weighted by Gasteiger charge is 2.23. The normalized spacial score (nSPS) is 11.1. The average Bonchev–Trinajstić information content (AvgIpc) is 3.56. The standard InChI is InChI=1S/C66H46O10/c1-71-57-19-11-9-17-55(57)65(69)73-51-31-21-43(22-32-51)25-39-61(67)75-59-37-29-49-41-47(45-13-5-3-6-14-45)27-35-53(49)63(59)64-54-36-28-48(46-15-7-4-8-16-46)42-50(54)30-38-60(64)76-62(68)40-26-44-23-33-52(34-24-44)74-66(70)56-18-10-12-20-58(56)72-2/h3-42H,1-2H3/b39-25+,40-26+. The van der Waals surface area contributed by atoms with E-state index in [9.17, 15) is 19.2 Å². The monoisotopic (exact) mass is 998 g/mol. The molecular formula is C66H46O10. The number of benzene rings is 10. The van der Waals surface area contributed by atoms with Gasteiger partial charge >= 0.3 is 23.9 Å². The highest BCUT2D eigenvalue weighted by Crippen LogP contribution is 2.47. The number of ether oxygens (including phenoxy) is 6. The lowest BCUT2D eigenvalue weighted by atomic mass is 9.90. The zero-order chi connectivity index (χ0) is 52.4. The molecule has 0 aliphatic rings. The van der Waals surface area contributed by atoms with Gasteiger partial charge in [-0.15, -0.1) is 0 Å². The van der Waals surface area contributed by atoms with Gasteiger partial charge in [-0.25, -0.2) is 19.2 Å². The fourth-order valence-corrected chi connectivity index (χ4v) is 8.78. The van der Waals surface area contributed by atoms with E-state index in [4.69, 9.17) is 28.4 Å². The number of esters is 4. The van der Waals surface area contributed by atoms with Crippen molar-refractivity contribution in [1.82, 2.24) is 0 Å². The van der Waals surface area contributed by atoms with Gasteiger partial charge in [0.05, 0.1) is 14.2 Å². The first-order valence-electron chi connectivity index (χ1n) is 24.2. The lowest BCUT2D eigenvalue weighted by Gasteiger charge is -2.19. The first kappa shape index (κ1) is 49.3. The van der Waals surface area contributed by atoms with Gasteiger partial charge in [0.25, 0.3) is 0 Å². The predicted octanol–water partition coefficient (Wildman–Crippen LogP) is 14.7. The topological polar surface area (TPSA) is 124 Å². The van der Waals surface area contributed by atoms with Gasteiger partial charge in [-0.3, -0.25) is 0 Å². The Morgan fingerprint density at radius 3 is 1.12 bits per heavy atom. The summed E-state index contributed by atoms with van der Waals surface area (Å²) in [6.07, 6.45) is 5.85. The van der Waals surface area contributed by atoms with Gasteiger partial charge in [0, 0.05) is 23.3 Å². The highest BCUT2D eigenvalue weighted by molar-refractivity contribution is 6.12. The summed E-state index contributed by atoms with van der Waals surface area (Å²) >= 11 is 0. The Morgan fingerprint density at radius 1 is 0.342 bits per heavy atom. The van der Waals surface area contributed by atoms with Crippen LogP contribution in [0.15, 0.2) is 231 Å². The number of hydrogen-bond acceptors (Lipinski definition) is 10. The molecule has 370 valence electrons. The molecule has 0 saturated carbocycles. The van der Waals surface area contributed by atoms with Gasteiger partial charge in [-0.05, 0) is 140 Å². The molecule has 76 heavy (non-hydrogen) atoms. The Morgan fingerprint density at radius 2 is 0.724 bits per heavy atom. The van der Waals surface area contributed by atoms with E-state index in [1.54, 1.807) is 121 Å². The van der Waals surface area contributed by atoms with E-state index in [1.807, 2.05) is 97.1 Å². The second-order valence-corrected chi connectivity index (χ2v) is 17.3. The maximum Gasteiger partial charge on any atom is 0.347 e. The Balaban J connectivity index is 0.985. The lowest BCUT2D eigenvalue weighted by molar-refractivity contribution is -0.129. The third kappa shape index (κ3) is 11.2. The molecule has 0 bridgehead atoms. The first-order chi connectivity index (χ1) is 37.2. The molecule has 0 radical (unpaired) electrons. The van der Waals surface area contributed by atoms with E-state index in [-0.39, 0.29) is 22.6 Å². The molecular weight excluding hydrogens is 953 g/mol. The van der Waals surface area contributed by atoms with Crippen molar-refractivity contribution in [3.63, 3.8) is 0 Å². The molecule has 10 aromatic carbocycles. The Labute approximate surface area is 438 Å². The van der Waals surface area contributed by atoms with E-state index in [1.165, 1.54) is 26.4 Å². The average molecular weight is 999 g/mol. The van der Waals surface area contributed by atoms with Gasteiger partial charge in [-0.1, -0.05) is 146 Å². The van der Waals surface area contributed by atoms with Crippen LogP contribution in [0.2, 0.25) is 0 Å². The minimum absolute atomic E-state index is 0.229. The third-order valence-corrected chi connectivity index (χ3v) is 12.5. The molecule has 0 amide bonds. The van der Waals surface area contributed by atoms with Gasteiger partial charge < -0.3 is 28.4 Å². The summed E-state index contributed by atoms with van der Waals surface area (Å²) in [7, 11) is 2.97. The van der Waals surface area contributed by atoms with Crippen LogP contribution in [0.1, 0.15) is 31.8 Å². The molecule has 0 spiro atoms. The number of rotatable bonds is 15. The Kier molecular flexibility index (Phi) is 14.7. The molecule has 10 rings (SSSR count).